The standard InChI is InChI=1S/C4H10O2.2C2H6O3S/c1-2-4(6)3-5;2*1-2-6(3,4)5/h4-6H,2-3H2,1H3;2*2H2,1H3,(H,3,4,5). The van der Waals surface area contributed by atoms with E-state index in [2.05, 4.69) is 0 Å². The first-order valence-corrected chi connectivity index (χ1v) is 8.34. The van der Waals surface area contributed by atoms with Gasteiger partial charge in [-0.3, -0.25) is 9.11 Å². The average Bonchev–Trinajstić information content (AvgIpc) is 2.27. The highest BCUT2D eigenvalue weighted by atomic mass is 32.2. The molecule has 0 rings (SSSR count). The minimum absolute atomic E-state index is 0.115. The summed E-state index contributed by atoms with van der Waals surface area (Å²) in [5.41, 5.74) is 0. The Morgan fingerprint density at radius 3 is 1.11 bits per heavy atom. The molecule has 0 saturated heterocycles. The first kappa shape index (κ1) is 22.9. The van der Waals surface area contributed by atoms with E-state index in [1.807, 2.05) is 6.92 Å². The highest BCUT2D eigenvalue weighted by Gasteiger charge is 1.94. The van der Waals surface area contributed by atoms with Crippen LogP contribution in [-0.4, -0.2) is 60.4 Å². The summed E-state index contributed by atoms with van der Waals surface area (Å²) in [4.78, 5) is 0. The van der Waals surface area contributed by atoms with Crippen molar-refractivity contribution in [2.75, 3.05) is 18.1 Å². The van der Waals surface area contributed by atoms with E-state index in [0.29, 0.717) is 6.42 Å². The summed E-state index contributed by atoms with van der Waals surface area (Å²) in [6.07, 6.45) is 0.126. The zero-order valence-electron chi connectivity index (χ0n) is 10.6. The maximum Gasteiger partial charge on any atom is 0.264 e. The van der Waals surface area contributed by atoms with E-state index in [1.54, 1.807) is 0 Å². The molecule has 4 N–H and O–H groups in total. The molecule has 1 atom stereocenters. The van der Waals surface area contributed by atoms with Crippen molar-refractivity contribution in [1.29, 1.82) is 0 Å². The first-order chi connectivity index (χ1) is 7.93. The van der Waals surface area contributed by atoms with Crippen LogP contribution in [0, 0.1) is 0 Å². The maximum absolute atomic E-state index is 9.56. The van der Waals surface area contributed by atoms with E-state index < -0.39 is 26.3 Å². The van der Waals surface area contributed by atoms with Gasteiger partial charge in [0.15, 0.2) is 0 Å². The van der Waals surface area contributed by atoms with Gasteiger partial charge in [-0.05, 0) is 20.3 Å². The molecule has 0 aromatic carbocycles. The van der Waals surface area contributed by atoms with Crippen molar-refractivity contribution in [1.82, 2.24) is 0 Å². The van der Waals surface area contributed by atoms with Gasteiger partial charge in [-0.2, -0.15) is 16.8 Å². The minimum Gasteiger partial charge on any atom is -0.394 e. The van der Waals surface area contributed by atoms with Gasteiger partial charge in [0.25, 0.3) is 20.2 Å². The summed E-state index contributed by atoms with van der Waals surface area (Å²) in [5.74, 6) is -0.403. The normalized spacial score (nSPS) is 12.6. The molecular formula is C8H22O8S2. The molecule has 0 aromatic rings. The smallest absolute Gasteiger partial charge is 0.264 e. The highest BCUT2D eigenvalue weighted by molar-refractivity contribution is 7.85. The lowest BCUT2D eigenvalue weighted by Crippen LogP contribution is -2.08. The quantitative estimate of drug-likeness (QED) is 0.509. The van der Waals surface area contributed by atoms with Gasteiger partial charge >= 0.3 is 0 Å². The Morgan fingerprint density at radius 1 is 0.889 bits per heavy atom. The molecule has 0 aliphatic heterocycles. The molecule has 0 heterocycles. The first-order valence-electron chi connectivity index (χ1n) is 5.12. The maximum atomic E-state index is 9.56. The van der Waals surface area contributed by atoms with Crippen LogP contribution in [0.5, 0.6) is 0 Å². The second kappa shape index (κ2) is 11.8. The van der Waals surface area contributed by atoms with Gasteiger partial charge in [-0.25, -0.2) is 0 Å². The molecule has 1 unspecified atom stereocenters. The number of rotatable bonds is 4. The van der Waals surface area contributed by atoms with Crippen LogP contribution in [0.15, 0.2) is 0 Å². The lowest BCUT2D eigenvalue weighted by atomic mass is 10.3. The zero-order chi connectivity index (χ0) is 15.4. The topological polar surface area (TPSA) is 149 Å². The van der Waals surface area contributed by atoms with Crippen molar-refractivity contribution in [3.63, 3.8) is 0 Å². The van der Waals surface area contributed by atoms with Gasteiger partial charge in [0.2, 0.25) is 0 Å². The van der Waals surface area contributed by atoms with Crippen LogP contribution in [-0.2, 0) is 20.2 Å². The summed E-state index contributed by atoms with van der Waals surface area (Å²) >= 11 is 0. The van der Waals surface area contributed by atoms with Crippen LogP contribution in [0.1, 0.15) is 27.2 Å². The van der Waals surface area contributed by atoms with E-state index in [4.69, 9.17) is 19.3 Å². The molecular weight excluding hydrogens is 288 g/mol. The van der Waals surface area contributed by atoms with Crippen molar-refractivity contribution >= 4 is 20.2 Å². The van der Waals surface area contributed by atoms with E-state index in [1.165, 1.54) is 13.8 Å². The molecule has 114 valence electrons. The van der Waals surface area contributed by atoms with Gasteiger partial charge in [0.05, 0.1) is 24.2 Å². The van der Waals surface area contributed by atoms with E-state index >= 15 is 0 Å². The molecule has 0 aliphatic carbocycles. The average molecular weight is 310 g/mol. The van der Waals surface area contributed by atoms with Crippen LogP contribution in [0.3, 0.4) is 0 Å². The summed E-state index contributed by atoms with van der Waals surface area (Å²) in [7, 11) is -7.32. The van der Waals surface area contributed by atoms with Crippen molar-refractivity contribution in [2.24, 2.45) is 0 Å². The van der Waals surface area contributed by atoms with Gasteiger partial charge in [-0.1, -0.05) is 6.92 Å². The molecule has 0 spiro atoms. The van der Waals surface area contributed by atoms with Crippen molar-refractivity contribution < 1.29 is 36.2 Å². The third kappa shape index (κ3) is 36.0. The summed E-state index contributed by atoms with van der Waals surface area (Å²) in [6, 6.07) is 0. The zero-order valence-corrected chi connectivity index (χ0v) is 12.3. The van der Waals surface area contributed by atoms with Crippen molar-refractivity contribution in [2.45, 2.75) is 33.3 Å². The monoisotopic (exact) mass is 310 g/mol. The van der Waals surface area contributed by atoms with Crippen LogP contribution >= 0.6 is 0 Å². The van der Waals surface area contributed by atoms with Gasteiger partial charge in [0, 0.05) is 0 Å². The van der Waals surface area contributed by atoms with Gasteiger partial charge in [-0.15, -0.1) is 0 Å². The van der Waals surface area contributed by atoms with Crippen molar-refractivity contribution in [3.8, 4) is 0 Å². The van der Waals surface area contributed by atoms with Crippen LogP contribution in [0.2, 0.25) is 0 Å². The van der Waals surface area contributed by atoms with Crippen LogP contribution in [0.25, 0.3) is 0 Å². The van der Waals surface area contributed by atoms with Gasteiger partial charge in [0.1, 0.15) is 0 Å². The third-order valence-electron chi connectivity index (χ3n) is 1.41. The summed E-state index contributed by atoms with van der Waals surface area (Å²) in [6.45, 7) is 4.45. The van der Waals surface area contributed by atoms with E-state index in [-0.39, 0.29) is 18.1 Å². The Labute approximate surface area is 108 Å². The Hall–Kier alpha value is -0.260. The fourth-order valence-corrected chi connectivity index (χ4v) is 0.129. The van der Waals surface area contributed by atoms with Crippen molar-refractivity contribution in [3.05, 3.63) is 0 Å². The van der Waals surface area contributed by atoms with Gasteiger partial charge < -0.3 is 10.2 Å². The number of hydrogen-bond acceptors (Lipinski definition) is 6. The molecule has 0 saturated carbocycles. The minimum atomic E-state index is -3.66. The largest absolute Gasteiger partial charge is 0.394 e. The number of aliphatic hydroxyl groups is 2. The summed E-state index contributed by atoms with van der Waals surface area (Å²) in [5, 5.41) is 16.5. The SMILES string of the molecule is CCC(O)CO.CCS(=O)(=O)O.CCS(=O)(=O)O. The van der Waals surface area contributed by atoms with E-state index in [9.17, 15) is 16.8 Å². The molecule has 8 nitrogen and oxygen atoms in total. The molecule has 0 bridgehead atoms. The van der Waals surface area contributed by atoms with Crippen LogP contribution in [0.4, 0.5) is 0 Å². The highest BCUT2D eigenvalue weighted by Crippen LogP contribution is 1.83. The predicted molar refractivity (Wildman–Crippen MR) is 67.6 cm³/mol. The fourth-order valence-electron chi connectivity index (χ4n) is 0.129. The molecule has 0 radical (unpaired) electrons. The summed E-state index contributed by atoms with van der Waals surface area (Å²) < 4.78 is 53.8. The van der Waals surface area contributed by atoms with Crippen LogP contribution < -0.4 is 0 Å². The second-order valence-electron chi connectivity index (χ2n) is 2.99. The Kier molecular flexibility index (Phi) is 15.0. The number of hydrogen-bond donors (Lipinski definition) is 4. The Bertz CT molecular complexity index is 323. The Balaban J connectivity index is -0.000000187. The Morgan fingerprint density at radius 2 is 1.11 bits per heavy atom. The second-order valence-corrected chi connectivity index (χ2v) is 6.47. The molecule has 0 aliphatic rings. The molecule has 0 amide bonds. The lowest BCUT2D eigenvalue weighted by molar-refractivity contribution is 0.0923. The fraction of sp³-hybridized carbons (Fsp3) is 1.00. The molecule has 0 fully saturated rings. The molecule has 10 heteroatoms. The molecule has 0 aromatic heterocycles. The van der Waals surface area contributed by atoms with E-state index in [0.717, 1.165) is 0 Å². The molecule has 18 heavy (non-hydrogen) atoms. The number of aliphatic hydroxyl groups excluding tert-OH is 2. The lowest BCUT2D eigenvalue weighted by Gasteiger charge is -1.97. The predicted octanol–water partition coefficient (Wildman–Crippen LogP) is -0.462. The third-order valence-corrected chi connectivity index (χ3v) is 2.87.